The van der Waals surface area contributed by atoms with Gasteiger partial charge in [-0.25, -0.2) is 9.97 Å². The van der Waals surface area contributed by atoms with Crippen molar-refractivity contribution >= 4 is 22.8 Å². The van der Waals surface area contributed by atoms with E-state index in [1.165, 1.54) is 6.33 Å². The fourth-order valence-electron chi connectivity index (χ4n) is 3.48. The number of aromatic nitrogens is 6. The van der Waals surface area contributed by atoms with Crippen LogP contribution in [-0.2, 0) is 0 Å². The fraction of sp³-hybridized carbons (Fsp3) is 0.0870. The number of hydrogen-bond acceptors (Lipinski definition) is 6. The number of pyridine rings is 1. The highest BCUT2D eigenvalue weighted by Gasteiger charge is 2.18. The maximum atomic E-state index is 9.46. The lowest BCUT2D eigenvalue weighted by atomic mass is 10.1. The maximum absolute atomic E-state index is 9.46. The number of fused-ring (bicyclic) bond motifs is 1. The molecule has 150 valence electrons. The molecular weight excluding hydrogens is 406 g/mol. The van der Waals surface area contributed by atoms with Gasteiger partial charge in [-0.05, 0) is 29.8 Å². The summed E-state index contributed by atoms with van der Waals surface area (Å²) in [6.45, 7) is 0. The van der Waals surface area contributed by atoms with Crippen LogP contribution in [0.25, 0.3) is 22.3 Å². The van der Waals surface area contributed by atoms with Crippen LogP contribution < -0.4 is 0 Å². The SMILES string of the molecule is N#CCC(c1cncc(Sc2ccccc2)c1)n1cc(-c2ncnc3[nH]ccc23)cn1. The zero-order valence-electron chi connectivity index (χ0n) is 16.4. The zero-order valence-corrected chi connectivity index (χ0v) is 17.2. The summed E-state index contributed by atoms with van der Waals surface area (Å²) in [5.41, 5.74) is 3.39. The molecule has 7 nitrogen and oxygen atoms in total. The molecule has 0 saturated carbocycles. The maximum Gasteiger partial charge on any atom is 0.141 e. The van der Waals surface area contributed by atoms with Gasteiger partial charge in [-0.3, -0.25) is 9.67 Å². The molecule has 0 aliphatic rings. The molecule has 1 aromatic carbocycles. The van der Waals surface area contributed by atoms with E-state index in [1.807, 2.05) is 47.5 Å². The Morgan fingerprint density at radius 1 is 1.06 bits per heavy atom. The second kappa shape index (κ2) is 8.42. The van der Waals surface area contributed by atoms with Crippen molar-refractivity contribution < 1.29 is 0 Å². The Morgan fingerprint density at radius 2 is 1.97 bits per heavy atom. The van der Waals surface area contributed by atoms with Gasteiger partial charge in [0.05, 0.1) is 30.4 Å². The molecule has 4 aromatic heterocycles. The molecule has 31 heavy (non-hydrogen) atoms. The number of rotatable bonds is 6. The van der Waals surface area contributed by atoms with Gasteiger partial charge in [0.15, 0.2) is 0 Å². The van der Waals surface area contributed by atoms with Gasteiger partial charge in [0, 0.05) is 45.5 Å². The number of nitrogens with zero attached hydrogens (tertiary/aromatic N) is 6. The normalized spacial score (nSPS) is 12.0. The van der Waals surface area contributed by atoms with Crippen molar-refractivity contribution in [2.45, 2.75) is 22.3 Å². The highest BCUT2D eigenvalue weighted by Crippen LogP contribution is 2.31. The third-order valence-electron chi connectivity index (χ3n) is 4.93. The Labute approximate surface area is 182 Å². The van der Waals surface area contributed by atoms with Crippen LogP contribution in [0.1, 0.15) is 18.0 Å². The molecule has 1 atom stereocenters. The largest absolute Gasteiger partial charge is 0.346 e. The first-order valence-corrected chi connectivity index (χ1v) is 10.5. The van der Waals surface area contributed by atoms with E-state index in [1.54, 1.807) is 24.2 Å². The molecule has 8 heteroatoms. The molecule has 0 fully saturated rings. The summed E-state index contributed by atoms with van der Waals surface area (Å²) in [6.07, 6.45) is 11.0. The lowest BCUT2D eigenvalue weighted by Crippen LogP contribution is -2.11. The minimum atomic E-state index is -0.244. The number of hydrogen-bond donors (Lipinski definition) is 1. The lowest BCUT2D eigenvalue weighted by molar-refractivity contribution is 0.530. The monoisotopic (exact) mass is 423 g/mol. The topological polar surface area (TPSA) is 96.1 Å². The number of nitriles is 1. The predicted molar refractivity (Wildman–Crippen MR) is 118 cm³/mol. The minimum absolute atomic E-state index is 0.244. The van der Waals surface area contributed by atoms with Crippen molar-refractivity contribution in [3.63, 3.8) is 0 Å². The van der Waals surface area contributed by atoms with E-state index in [0.717, 1.165) is 37.6 Å². The Balaban J connectivity index is 1.48. The van der Waals surface area contributed by atoms with Crippen molar-refractivity contribution in [1.82, 2.24) is 29.7 Å². The molecule has 0 spiro atoms. The summed E-state index contributed by atoms with van der Waals surface area (Å²) in [5, 5.41) is 14.9. The van der Waals surface area contributed by atoms with E-state index < -0.39 is 0 Å². The first kappa shape index (κ1) is 19.0. The molecule has 0 saturated heterocycles. The predicted octanol–water partition coefficient (Wildman–Crippen LogP) is 4.87. The van der Waals surface area contributed by atoms with Crippen molar-refractivity contribution in [3.05, 3.63) is 85.3 Å². The van der Waals surface area contributed by atoms with Crippen molar-refractivity contribution in [3.8, 4) is 17.3 Å². The quantitative estimate of drug-likeness (QED) is 0.418. The van der Waals surface area contributed by atoms with Gasteiger partial charge >= 0.3 is 0 Å². The first-order valence-electron chi connectivity index (χ1n) is 9.69. The van der Waals surface area contributed by atoms with E-state index in [9.17, 15) is 5.26 Å². The van der Waals surface area contributed by atoms with Gasteiger partial charge in [0.1, 0.15) is 12.0 Å². The second-order valence-electron chi connectivity index (χ2n) is 6.92. The molecule has 0 bridgehead atoms. The van der Waals surface area contributed by atoms with Crippen molar-refractivity contribution in [2.24, 2.45) is 0 Å². The smallest absolute Gasteiger partial charge is 0.141 e. The molecule has 5 aromatic rings. The van der Waals surface area contributed by atoms with Crippen molar-refractivity contribution in [2.75, 3.05) is 0 Å². The van der Waals surface area contributed by atoms with E-state index in [2.05, 4.69) is 49.3 Å². The summed E-state index contributed by atoms with van der Waals surface area (Å²) in [6, 6.07) is 16.2. The molecular formula is C23H17N7S. The van der Waals surface area contributed by atoms with Crippen LogP contribution in [0.15, 0.2) is 89.6 Å². The van der Waals surface area contributed by atoms with Crippen LogP contribution in [0.5, 0.6) is 0 Å². The minimum Gasteiger partial charge on any atom is -0.346 e. The molecule has 1 unspecified atom stereocenters. The Kier molecular flexibility index (Phi) is 5.17. The van der Waals surface area contributed by atoms with Crippen LogP contribution in [0.4, 0.5) is 0 Å². The van der Waals surface area contributed by atoms with Gasteiger partial charge in [0.2, 0.25) is 0 Å². The highest BCUT2D eigenvalue weighted by molar-refractivity contribution is 7.99. The van der Waals surface area contributed by atoms with E-state index in [4.69, 9.17) is 0 Å². The van der Waals surface area contributed by atoms with Gasteiger partial charge in [-0.2, -0.15) is 10.4 Å². The van der Waals surface area contributed by atoms with E-state index in [-0.39, 0.29) is 12.5 Å². The van der Waals surface area contributed by atoms with Crippen LogP contribution in [0.3, 0.4) is 0 Å². The molecule has 0 aliphatic carbocycles. The van der Waals surface area contributed by atoms with Gasteiger partial charge < -0.3 is 4.98 Å². The third-order valence-corrected chi connectivity index (χ3v) is 5.90. The molecule has 0 amide bonds. The summed E-state index contributed by atoms with van der Waals surface area (Å²) in [5.74, 6) is 0. The van der Waals surface area contributed by atoms with Gasteiger partial charge in [-0.1, -0.05) is 30.0 Å². The number of H-pyrrole nitrogens is 1. The lowest BCUT2D eigenvalue weighted by Gasteiger charge is -2.15. The summed E-state index contributed by atoms with van der Waals surface area (Å²) < 4.78 is 1.81. The Bertz CT molecular complexity index is 1370. The van der Waals surface area contributed by atoms with Crippen LogP contribution in [0.2, 0.25) is 0 Å². The summed E-state index contributed by atoms with van der Waals surface area (Å²) in [7, 11) is 0. The van der Waals surface area contributed by atoms with Gasteiger partial charge in [-0.15, -0.1) is 0 Å². The highest BCUT2D eigenvalue weighted by atomic mass is 32.2. The van der Waals surface area contributed by atoms with E-state index >= 15 is 0 Å². The van der Waals surface area contributed by atoms with Crippen molar-refractivity contribution in [1.29, 1.82) is 5.26 Å². The third kappa shape index (κ3) is 3.91. The molecule has 0 radical (unpaired) electrons. The second-order valence-corrected chi connectivity index (χ2v) is 8.07. The first-order chi connectivity index (χ1) is 15.3. The molecule has 4 heterocycles. The Hall–Kier alpha value is -3.96. The fourth-order valence-corrected chi connectivity index (χ4v) is 4.36. The molecule has 0 aliphatic heterocycles. The standard InChI is InChI=1S/C23H17N7S/c24-8-6-21(16-10-19(13-25-11-16)31-18-4-2-1-3-5-18)30-14-17(12-29-30)22-20-7-9-26-23(20)28-15-27-22/h1-5,7,9-15,21H,6H2,(H,26,27,28). The number of aromatic amines is 1. The molecule has 1 N–H and O–H groups in total. The average molecular weight is 424 g/mol. The summed E-state index contributed by atoms with van der Waals surface area (Å²) in [4.78, 5) is 18.3. The van der Waals surface area contributed by atoms with Gasteiger partial charge in [0.25, 0.3) is 0 Å². The Morgan fingerprint density at radius 3 is 2.84 bits per heavy atom. The average Bonchev–Trinajstić information content (AvgIpc) is 3.48. The van der Waals surface area contributed by atoms with E-state index in [0.29, 0.717) is 0 Å². The van der Waals surface area contributed by atoms with Crippen LogP contribution >= 0.6 is 11.8 Å². The molecule has 5 rings (SSSR count). The number of benzene rings is 1. The zero-order chi connectivity index (χ0) is 21.0. The number of nitrogens with one attached hydrogen (secondary N) is 1. The van der Waals surface area contributed by atoms with Crippen LogP contribution in [-0.4, -0.2) is 29.7 Å². The summed E-state index contributed by atoms with van der Waals surface area (Å²) >= 11 is 1.64. The van der Waals surface area contributed by atoms with Crippen LogP contribution in [0, 0.1) is 11.3 Å².